The van der Waals surface area contributed by atoms with Gasteiger partial charge in [-0.15, -0.1) is 0 Å². The highest BCUT2D eigenvalue weighted by molar-refractivity contribution is 5.93. The molecule has 3 rings (SSSR count). The third kappa shape index (κ3) is 3.82. The van der Waals surface area contributed by atoms with Crippen LogP contribution in [0, 0.1) is 0 Å². The zero-order valence-corrected chi connectivity index (χ0v) is 13.8. The molecule has 140 valence electrons. The van der Waals surface area contributed by atoms with Gasteiger partial charge < -0.3 is 10.4 Å². The van der Waals surface area contributed by atoms with E-state index < -0.39 is 35.9 Å². The highest BCUT2D eigenvalue weighted by Crippen LogP contribution is 2.34. The van der Waals surface area contributed by atoms with Gasteiger partial charge in [0.25, 0.3) is 11.5 Å². The molecule has 27 heavy (non-hydrogen) atoms. The van der Waals surface area contributed by atoms with Crippen molar-refractivity contribution in [2.45, 2.75) is 12.3 Å². The number of hydrogen-bond acceptors (Lipinski definition) is 4. The number of aromatic nitrogens is 2. The molecule has 2 N–H and O–H groups in total. The van der Waals surface area contributed by atoms with Gasteiger partial charge in [0, 0.05) is 18.9 Å². The van der Waals surface area contributed by atoms with Crippen LogP contribution in [-0.2, 0) is 6.18 Å². The van der Waals surface area contributed by atoms with Crippen LogP contribution in [-0.4, -0.2) is 26.9 Å². The summed E-state index contributed by atoms with van der Waals surface area (Å²) in [6.45, 7) is -0.497. The molecule has 0 unspecified atom stereocenters. The minimum atomic E-state index is -4.64. The maximum Gasteiger partial charge on any atom is 0.416 e. The summed E-state index contributed by atoms with van der Waals surface area (Å²) in [5.41, 5.74) is -1.91. The number of carbonyl (C=O) groups is 1. The van der Waals surface area contributed by atoms with E-state index >= 15 is 0 Å². The fourth-order valence-electron chi connectivity index (χ4n) is 2.62. The topological polar surface area (TPSA) is 83.7 Å². The van der Waals surface area contributed by atoms with Crippen molar-refractivity contribution in [2.24, 2.45) is 0 Å². The fourth-order valence-corrected chi connectivity index (χ4v) is 2.62. The number of benzene rings is 1. The fraction of sp³-hybridized carbons (Fsp3) is 0.167. The Morgan fingerprint density at radius 1 is 1.19 bits per heavy atom. The smallest absolute Gasteiger partial charge is 0.387 e. The van der Waals surface area contributed by atoms with Gasteiger partial charge in [0.05, 0.1) is 11.7 Å². The Balaban J connectivity index is 1.79. The molecular weight excluding hydrogens is 363 g/mol. The van der Waals surface area contributed by atoms with Gasteiger partial charge in [-0.2, -0.15) is 13.2 Å². The monoisotopic (exact) mass is 377 g/mol. The normalized spacial score (nSPS) is 12.7. The van der Waals surface area contributed by atoms with E-state index in [4.69, 9.17) is 0 Å². The first-order chi connectivity index (χ1) is 12.8. The zero-order chi connectivity index (χ0) is 19.6. The van der Waals surface area contributed by atoms with Crippen molar-refractivity contribution in [3.05, 3.63) is 81.9 Å². The van der Waals surface area contributed by atoms with E-state index in [9.17, 15) is 27.9 Å². The maximum absolute atomic E-state index is 13.0. The highest BCUT2D eigenvalue weighted by atomic mass is 19.4. The Hall–Kier alpha value is -3.20. The van der Waals surface area contributed by atoms with Crippen molar-refractivity contribution >= 4 is 11.6 Å². The summed E-state index contributed by atoms with van der Waals surface area (Å²) in [6, 6.07) is 9.40. The standard InChI is InChI=1S/C18H14F3N3O3/c19-18(20,21)13-6-2-1-5-11(13)14(25)10-23-16(26)12-9-22-15-7-3-4-8-24(15)17(12)27/h1-9,14,25H,10H2,(H,23,26)/t14-/m0/s1. The molecule has 2 heterocycles. The van der Waals surface area contributed by atoms with Crippen LogP contribution < -0.4 is 10.9 Å². The summed E-state index contributed by atoms with van der Waals surface area (Å²) in [5, 5.41) is 12.4. The van der Waals surface area contributed by atoms with Crippen LogP contribution in [0.5, 0.6) is 0 Å². The zero-order valence-electron chi connectivity index (χ0n) is 13.8. The van der Waals surface area contributed by atoms with Crippen LogP contribution in [0.15, 0.2) is 59.7 Å². The van der Waals surface area contributed by atoms with Gasteiger partial charge in [-0.3, -0.25) is 14.0 Å². The second-order valence-electron chi connectivity index (χ2n) is 5.72. The van der Waals surface area contributed by atoms with Gasteiger partial charge in [0.2, 0.25) is 0 Å². The Kier molecular flexibility index (Phi) is 4.95. The summed E-state index contributed by atoms with van der Waals surface area (Å²) in [5.74, 6) is -0.839. The van der Waals surface area contributed by atoms with Crippen molar-refractivity contribution in [1.29, 1.82) is 0 Å². The summed E-state index contributed by atoms with van der Waals surface area (Å²) in [4.78, 5) is 28.5. The minimum absolute atomic E-state index is 0.282. The molecule has 1 aromatic carbocycles. The lowest BCUT2D eigenvalue weighted by Crippen LogP contribution is -2.34. The lowest BCUT2D eigenvalue weighted by atomic mass is 10.0. The minimum Gasteiger partial charge on any atom is -0.387 e. The summed E-state index contributed by atoms with van der Waals surface area (Å²) >= 11 is 0. The largest absolute Gasteiger partial charge is 0.416 e. The van der Waals surface area contributed by atoms with Crippen LogP contribution in [0.25, 0.3) is 5.65 Å². The third-order valence-electron chi connectivity index (χ3n) is 3.94. The highest BCUT2D eigenvalue weighted by Gasteiger charge is 2.34. The van der Waals surface area contributed by atoms with Gasteiger partial charge in [0.15, 0.2) is 0 Å². The van der Waals surface area contributed by atoms with Gasteiger partial charge in [-0.25, -0.2) is 4.98 Å². The molecule has 0 aliphatic carbocycles. The molecule has 3 aromatic rings. The van der Waals surface area contributed by atoms with E-state index in [0.717, 1.165) is 18.3 Å². The average Bonchev–Trinajstić information content (AvgIpc) is 2.65. The van der Waals surface area contributed by atoms with Crippen molar-refractivity contribution in [2.75, 3.05) is 6.54 Å². The number of aliphatic hydroxyl groups is 1. The Morgan fingerprint density at radius 3 is 2.63 bits per heavy atom. The number of carbonyl (C=O) groups excluding carboxylic acids is 1. The Morgan fingerprint density at radius 2 is 1.89 bits per heavy atom. The number of alkyl halides is 3. The van der Waals surface area contributed by atoms with E-state index in [0.29, 0.717) is 5.65 Å². The average molecular weight is 377 g/mol. The maximum atomic E-state index is 13.0. The molecule has 1 atom stereocenters. The summed E-state index contributed by atoms with van der Waals surface area (Å²) in [6.07, 6.45) is -3.70. The van der Waals surface area contributed by atoms with Crippen LogP contribution in [0.2, 0.25) is 0 Å². The molecular formula is C18H14F3N3O3. The summed E-state index contributed by atoms with van der Waals surface area (Å²) in [7, 11) is 0. The van der Waals surface area contributed by atoms with E-state index in [1.165, 1.54) is 22.7 Å². The van der Waals surface area contributed by atoms with E-state index in [1.54, 1.807) is 18.2 Å². The Labute approximate surface area is 150 Å². The second-order valence-corrected chi connectivity index (χ2v) is 5.72. The van der Waals surface area contributed by atoms with Crippen molar-refractivity contribution in [1.82, 2.24) is 14.7 Å². The molecule has 6 nitrogen and oxygen atoms in total. The SMILES string of the molecule is O=C(NC[C@H](O)c1ccccc1C(F)(F)F)c1cnc2ccccn2c1=O. The number of nitrogens with one attached hydrogen (secondary N) is 1. The van der Waals surface area contributed by atoms with E-state index in [1.807, 2.05) is 0 Å². The molecule has 0 radical (unpaired) electrons. The molecule has 1 amide bonds. The Bertz CT molecular complexity index is 1050. The molecule has 0 bridgehead atoms. The number of rotatable bonds is 4. The first kappa shape index (κ1) is 18.6. The lowest BCUT2D eigenvalue weighted by Gasteiger charge is -2.17. The van der Waals surface area contributed by atoms with Crippen LogP contribution >= 0.6 is 0 Å². The number of pyridine rings is 1. The van der Waals surface area contributed by atoms with E-state index in [2.05, 4.69) is 10.3 Å². The molecule has 0 fully saturated rings. The van der Waals surface area contributed by atoms with Crippen molar-refractivity contribution < 1.29 is 23.1 Å². The number of fused-ring (bicyclic) bond motifs is 1. The molecule has 0 aliphatic rings. The molecule has 0 aliphatic heterocycles. The lowest BCUT2D eigenvalue weighted by molar-refractivity contribution is -0.139. The number of amides is 1. The van der Waals surface area contributed by atoms with Crippen molar-refractivity contribution in [3.63, 3.8) is 0 Å². The van der Waals surface area contributed by atoms with Gasteiger partial charge in [-0.05, 0) is 23.8 Å². The number of nitrogens with zero attached hydrogens (tertiary/aromatic N) is 2. The molecule has 0 spiro atoms. The van der Waals surface area contributed by atoms with Crippen molar-refractivity contribution in [3.8, 4) is 0 Å². The predicted octanol–water partition coefficient (Wildman–Crippen LogP) is 2.18. The summed E-state index contributed by atoms with van der Waals surface area (Å²) < 4.78 is 40.2. The van der Waals surface area contributed by atoms with Gasteiger partial charge >= 0.3 is 6.18 Å². The number of hydrogen-bond donors (Lipinski definition) is 2. The van der Waals surface area contributed by atoms with Gasteiger partial charge in [-0.1, -0.05) is 24.3 Å². The first-order valence-electron chi connectivity index (χ1n) is 7.88. The molecule has 0 saturated carbocycles. The first-order valence-corrected chi connectivity index (χ1v) is 7.88. The predicted molar refractivity (Wildman–Crippen MR) is 90.2 cm³/mol. The van der Waals surface area contributed by atoms with E-state index in [-0.39, 0.29) is 11.1 Å². The third-order valence-corrected chi connectivity index (χ3v) is 3.94. The molecule has 2 aromatic heterocycles. The van der Waals surface area contributed by atoms with Crippen LogP contribution in [0.1, 0.15) is 27.6 Å². The molecule has 9 heteroatoms. The van der Waals surface area contributed by atoms with Crippen LogP contribution in [0.4, 0.5) is 13.2 Å². The number of aliphatic hydroxyl groups excluding tert-OH is 1. The second kappa shape index (κ2) is 7.20. The number of halogens is 3. The van der Waals surface area contributed by atoms with Gasteiger partial charge in [0.1, 0.15) is 11.2 Å². The molecule has 0 saturated heterocycles. The quantitative estimate of drug-likeness (QED) is 0.730. The van der Waals surface area contributed by atoms with Crippen LogP contribution in [0.3, 0.4) is 0 Å².